The van der Waals surface area contributed by atoms with Crippen LogP contribution < -0.4 is 10.5 Å². The molecule has 0 bridgehead atoms. The van der Waals surface area contributed by atoms with E-state index in [2.05, 4.69) is 4.98 Å². The molecule has 0 saturated carbocycles. The number of ether oxygens (including phenoxy) is 1. The molecule has 2 N–H and O–H groups in total. The third-order valence-electron chi connectivity index (χ3n) is 3.17. The van der Waals surface area contributed by atoms with Crippen molar-refractivity contribution >= 4 is 11.3 Å². The summed E-state index contributed by atoms with van der Waals surface area (Å²) < 4.78 is 44.2. The van der Waals surface area contributed by atoms with Gasteiger partial charge in [0.1, 0.15) is 17.4 Å². The third kappa shape index (κ3) is 2.16. The lowest BCUT2D eigenvalue weighted by Gasteiger charge is -2.05. The first kappa shape index (κ1) is 13.4. The largest absolute Gasteiger partial charge is 0.492 e. The van der Waals surface area contributed by atoms with Crippen LogP contribution in [0.5, 0.6) is 5.75 Å². The third-order valence-corrected chi connectivity index (χ3v) is 4.36. The van der Waals surface area contributed by atoms with Crippen LogP contribution in [0.1, 0.15) is 27.1 Å². The highest BCUT2D eigenvalue weighted by atomic mass is 32.1. The molecule has 3 nitrogen and oxygen atoms in total. The Morgan fingerprint density at radius 3 is 2.75 bits per heavy atom. The number of hydrogen-bond acceptors (Lipinski definition) is 4. The van der Waals surface area contributed by atoms with Crippen LogP contribution in [0.2, 0.25) is 0 Å². The summed E-state index contributed by atoms with van der Waals surface area (Å²) in [6.07, 6.45) is -4.47. The minimum Gasteiger partial charge on any atom is -0.492 e. The van der Waals surface area contributed by atoms with Crippen LogP contribution in [0, 0.1) is 0 Å². The van der Waals surface area contributed by atoms with Crippen molar-refractivity contribution in [3.8, 4) is 5.75 Å². The average molecular weight is 300 g/mol. The van der Waals surface area contributed by atoms with E-state index in [0.29, 0.717) is 17.4 Å². The predicted molar refractivity (Wildman–Crippen MR) is 68.8 cm³/mol. The van der Waals surface area contributed by atoms with Gasteiger partial charge >= 0.3 is 6.18 Å². The van der Waals surface area contributed by atoms with Gasteiger partial charge in [0.2, 0.25) is 0 Å². The maximum absolute atomic E-state index is 12.9. The van der Waals surface area contributed by atoms with Crippen molar-refractivity contribution in [1.82, 2.24) is 4.98 Å². The van der Waals surface area contributed by atoms with Crippen molar-refractivity contribution in [2.45, 2.75) is 18.6 Å². The maximum atomic E-state index is 12.9. The number of nitrogens with two attached hydrogens (primary N) is 1. The summed E-state index contributed by atoms with van der Waals surface area (Å²) >= 11 is 1.01. The molecule has 0 amide bonds. The van der Waals surface area contributed by atoms with Crippen LogP contribution in [0.15, 0.2) is 24.3 Å². The van der Waals surface area contributed by atoms with E-state index >= 15 is 0 Å². The Hall–Kier alpha value is -1.60. The molecule has 0 spiro atoms. The predicted octanol–water partition coefficient (Wildman–Crippen LogP) is 3.14. The van der Waals surface area contributed by atoms with Gasteiger partial charge in [0, 0.05) is 12.1 Å². The smallest absolute Gasteiger partial charge is 0.434 e. The fourth-order valence-electron chi connectivity index (χ4n) is 2.25. The number of alkyl halides is 3. The second-order valence-electron chi connectivity index (χ2n) is 4.43. The molecule has 1 unspecified atom stereocenters. The molecule has 2 heterocycles. The zero-order chi connectivity index (χ0) is 14.3. The van der Waals surface area contributed by atoms with Crippen molar-refractivity contribution in [1.29, 1.82) is 0 Å². The molecule has 7 heteroatoms. The number of aromatic nitrogens is 1. The second kappa shape index (κ2) is 4.75. The molecule has 1 aromatic carbocycles. The summed E-state index contributed by atoms with van der Waals surface area (Å²) in [5, 5.41) is 0.405. The Balaban J connectivity index is 2.03. The Bertz CT molecular complexity index is 639. The molecular weight excluding hydrogens is 289 g/mol. The monoisotopic (exact) mass is 300 g/mol. The van der Waals surface area contributed by atoms with Gasteiger partial charge in [-0.2, -0.15) is 13.2 Å². The number of fused-ring (bicyclic) bond motifs is 1. The minimum atomic E-state index is -4.47. The van der Waals surface area contributed by atoms with Gasteiger partial charge in [0.25, 0.3) is 0 Å². The highest BCUT2D eigenvalue weighted by molar-refractivity contribution is 7.11. The number of rotatable bonds is 2. The lowest BCUT2D eigenvalue weighted by Crippen LogP contribution is -2.11. The molecule has 106 valence electrons. The molecular formula is C13H11F3N2OS. The van der Waals surface area contributed by atoms with Gasteiger partial charge in [0.15, 0.2) is 5.69 Å². The van der Waals surface area contributed by atoms with E-state index in [4.69, 9.17) is 10.5 Å². The highest BCUT2D eigenvalue weighted by Crippen LogP contribution is 2.42. The summed E-state index contributed by atoms with van der Waals surface area (Å²) in [6, 6.07) is 7.32. The van der Waals surface area contributed by atoms with Gasteiger partial charge in [-0.3, -0.25) is 0 Å². The lowest BCUT2D eigenvalue weighted by molar-refractivity contribution is -0.141. The number of thiazole rings is 1. The van der Waals surface area contributed by atoms with Crippen molar-refractivity contribution in [3.63, 3.8) is 0 Å². The summed E-state index contributed by atoms with van der Waals surface area (Å²) in [5.41, 5.74) is 5.40. The van der Waals surface area contributed by atoms with Crippen molar-refractivity contribution in [2.75, 3.05) is 6.61 Å². The zero-order valence-corrected chi connectivity index (χ0v) is 11.1. The molecule has 20 heavy (non-hydrogen) atoms. The standard InChI is InChI=1S/C13H11F3N2OS/c14-13(15,16)11-10(5-17)20-12(18-11)8-6-19-9-4-2-1-3-7(8)9/h1-4,8H,5-6,17H2. The first-order valence-electron chi connectivity index (χ1n) is 5.99. The number of hydrogen-bond donors (Lipinski definition) is 1. The van der Waals surface area contributed by atoms with Crippen LogP contribution >= 0.6 is 11.3 Å². The van der Waals surface area contributed by atoms with Crippen LogP contribution in [0.4, 0.5) is 13.2 Å². The Labute approximate surface area is 117 Å². The van der Waals surface area contributed by atoms with E-state index in [1.165, 1.54) is 0 Å². The Kier molecular flexibility index (Phi) is 3.18. The average Bonchev–Trinajstić information content (AvgIpc) is 3.01. The SMILES string of the molecule is NCc1sc(C2COc3ccccc32)nc1C(F)(F)F. The van der Waals surface area contributed by atoms with Gasteiger partial charge in [-0.05, 0) is 6.07 Å². The molecule has 1 aliphatic rings. The second-order valence-corrected chi connectivity index (χ2v) is 5.54. The van der Waals surface area contributed by atoms with E-state index in [1.54, 1.807) is 6.07 Å². The highest BCUT2D eigenvalue weighted by Gasteiger charge is 2.39. The van der Waals surface area contributed by atoms with Crippen LogP contribution in [0.25, 0.3) is 0 Å². The van der Waals surface area contributed by atoms with Gasteiger partial charge in [-0.25, -0.2) is 4.98 Å². The molecule has 1 aromatic heterocycles. The molecule has 0 saturated heterocycles. The molecule has 3 rings (SSSR count). The number of benzene rings is 1. The van der Waals surface area contributed by atoms with Gasteiger partial charge < -0.3 is 10.5 Å². The summed E-state index contributed by atoms with van der Waals surface area (Å²) in [5.74, 6) is 0.452. The minimum absolute atomic E-state index is 0.0666. The van der Waals surface area contributed by atoms with Gasteiger partial charge in [-0.1, -0.05) is 18.2 Å². The lowest BCUT2D eigenvalue weighted by atomic mass is 10.0. The first-order chi connectivity index (χ1) is 9.50. The number of para-hydroxylation sites is 1. The number of halogens is 3. The van der Waals surface area contributed by atoms with Crippen molar-refractivity contribution in [2.24, 2.45) is 5.73 Å². The van der Waals surface area contributed by atoms with Crippen molar-refractivity contribution < 1.29 is 17.9 Å². The van der Waals surface area contributed by atoms with E-state index in [0.717, 1.165) is 16.9 Å². The van der Waals surface area contributed by atoms with Crippen LogP contribution in [0.3, 0.4) is 0 Å². The molecule has 2 aromatic rings. The van der Waals surface area contributed by atoms with E-state index in [-0.39, 0.29) is 17.3 Å². The fraction of sp³-hybridized carbons (Fsp3) is 0.308. The van der Waals surface area contributed by atoms with E-state index in [1.807, 2.05) is 18.2 Å². The van der Waals surface area contributed by atoms with Gasteiger partial charge in [0.05, 0.1) is 10.8 Å². The summed E-state index contributed by atoms with van der Waals surface area (Å²) in [6.45, 7) is 0.149. The molecule has 1 atom stereocenters. The molecule has 0 radical (unpaired) electrons. The zero-order valence-electron chi connectivity index (χ0n) is 10.3. The van der Waals surface area contributed by atoms with Crippen LogP contribution in [-0.4, -0.2) is 11.6 Å². The van der Waals surface area contributed by atoms with Crippen molar-refractivity contribution in [3.05, 3.63) is 45.4 Å². The topological polar surface area (TPSA) is 48.1 Å². The van der Waals surface area contributed by atoms with E-state index in [9.17, 15) is 13.2 Å². The number of nitrogens with zero attached hydrogens (tertiary/aromatic N) is 1. The maximum Gasteiger partial charge on any atom is 0.434 e. The Morgan fingerprint density at radius 1 is 1.35 bits per heavy atom. The summed E-state index contributed by atoms with van der Waals surface area (Å²) in [7, 11) is 0. The van der Waals surface area contributed by atoms with Crippen LogP contribution in [-0.2, 0) is 12.7 Å². The Morgan fingerprint density at radius 2 is 2.10 bits per heavy atom. The first-order valence-corrected chi connectivity index (χ1v) is 6.81. The molecule has 1 aliphatic heterocycles. The molecule has 0 fully saturated rings. The fourth-order valence-corrected chi connectivity index (χ4v) is 3.31. The molecule has 0 aliphatic carbocycles. The summed E-state index contributed by atoms with van der Waals surface area (Å²) in [4.78, 5) is 3.83. The van der Waals surface area contributed by atoms with Gasteiger partial charge in [-0.15, -0.1) is 11.3 Å². The normalized spacial score (nSPS) is 17.9. The quantitative estimate of drug-likeness (QED) is 0.927. The van der Waals surface area contributed by atoms with E-state index < -0.39 is 11.9 Å².